The number of pyridine rings is 1. The molecule has 4 rings (SSSR count). The molecule has 1 saturated heterocycles. The summed E-state index contributed by atoms with van der Waals surface area (Å²) in [5, 5.41) is 7.12. The van der Waals surface area contributed by atoms with Gasteiger partial charge in [0.15, 0.2) is 0 Å². The molecule has 1 aliphatic heterocycles. The SMILES string of the molecule is CC1CN(C(=O)c2nc(-c3ccc(F)cc3)c3ccccn23)CC(C)O1.O=C(O)C(F)(F)F. The van der Waals surface area contributed by atoms with E-state index in [1.165, 1.54) is 12.1 Å². The van der Waals surface area contributed by atoms with Crippen molar-refractivity contribution in [1.82, 2.24) is 14.3 Å². The number of imidazole rings is 1. The van der Waals surface area contributed by atoms with Crippen molar-refractivity contribution >= 4 is 17.4 Å². The van der Waals surface area contributed by atoms with E-state index < -0.39 is 12.1 Å². The molecule has 1 amide bonds. The van der Waals surface area contributed by atoms with Crippen LogP contribution < -0.4 is 0 Å². The number of fused-ring (bicyclic) bond motifs is 1. The lowest BCUT2D eigenvalue weighted by molar-refractivity contribution is -0.192. The molecule has 1 N–H and O–H groups in total. The number of rotatable bonds is 2. The summed E-state index contributed by atoms with van der Waals surface area (Å²) in [4.78, 5) is 28.4. The van der Waals surface area contributed by atoms with E-state index in [4.69, 9.17) is 14.6 Å². The number of halogens is 4. The van der Waals surface area contributed by atoms with E-state index in [1.807, 2.05) is 38.2 Å². The minimum atomic E-state index is -5.08. The fourth-order valence-electron chi connectivity index (χ4n) is 3.49. The molecule has 3 heterocycles. The van der Waals surface area contributed by atoms with Crippen LogP contribution in [-0.2, 0) is 9.53 Å². The Morgan fingerprint density at radius 1 is 1.06 bits per heavy atom. The highest BCUT2D eigenvalue weighted by molar-refractivity contribution is 5.94. The first-order valence-corrected chi connectivity index (χ1v) is 9.95. The molecule has 0 aliphatic carbocycles. The molecule has 33 heavy (non-hydrogen) atoms. The summed E-state index contributed by atoms with van der Waals surface area (Å²) in [6.07, 6.45) is -3.27. The topological polar surface area (TPSA) is 84.1 Å². The second kappa shape index (κ2) is 9.57. The van der Waals surface area contributed by atoms with Crippen molar-refractivity contribution in [2.45, 2.75) is 32.2 Å². The van der Waals surface area contributed by atoms with Crippen LogP contribution >= 0.6 is 0 Å². The Labute approximate surface area is 186 Å². The van der Waals surface area contributed by atoms with E-state index in [0.717, 1.165) is 11.1 Å². The number of hydrogen-bond acceptors (Lipinski definition) is 4. The van der Waals surface area contributed by atoms with Gasteiger partial charge in [0.25, 0.3) is 5.91 Å². The van der Waals surface area contributed by atoms with E-state index in [0.29, 0.717) is 24.6 Å². The second-order valence-electron chi connectivity index (χ2n) is 7.52. The molecular formula is C22H21F4N3O4. The number of carbonyl (C=O) groups excluding carboxylic acids is 1. The van der Waals surface area contributed by atoms with Gasteiger partial charge in [-0.3, -0.25) is 9.20 Å². The number of ether oxygens (including phenoxy) is 1. The predicted molar refractivity (Wildman–Crippen MR) is 110 cm³/mol. The van der Waals surface area contributed by atoms with Crippen molar-refractivity contribution in [3.63, 3.8) is 0 Å². The van der Waals surface area contributed by atoms with Crippen LogP contribution in [0.15, 0.2) is 48.7 Å². The van der Waals surface area contributed by atoms with Gasteiger partial charge in [-0.2, -0.15) is 13.2 Å². The number of aromatic nitrogens is 2. The lowest BCUT2D eigenvalue weighted by Crippen LogP contribution is -2.48. The number of carboxylic acids is 1. The Balaban J connectivity index is 0.000000383. The van der Waals surface area contributed by atoms with Gasteiger partial charge in [0.1, 0.15) is 5.82 Å². The number of aliphatic carboxylic acids is 1. The van der Waals surface area contributed by atoms with Gasteiger partial charge >= 0.3 is 12.1 Å². The number of morpholine rings is 1. The lowest BCUT2D eigenvalue weighted by Gasteiger charge is -2.34. The van der Waals surface area contributed by atoms with Crippen LogP contribution in [0.4, 0.5) is 17.6 Å². The monoisotopic (exact) mass is 467 g/mol. The largest absolute Gasteiger partial charge is 0.490 e. The van der Waals surface area contributed by atoms with Crippen LogP contribution in [0.5, 0.6) is 0 Å². The van der Waals surface area contributed by atoms with Gasteiger partial charge in [0.2, 0.25) is 5.82 Å². The molecule has 1 fully saturated rings. The van der Waals surface area contributed by atoms with Crippen LogP contribution in [0.1, 0.15) is 24.5 Å². The van der Waals surface area contributed by atoms with Crippen LogP contribution in [0.2, 0.25) is 0 Å². The van der Waals surface area contributed by atoms with Gasteiger partial charge in [-0.05, 0) is 50.2 Å². The summed E-state index contributed by atoms with van der Waals surface area (Å²) in [7, 11) is 0. The summed E-state index contributed by atoms with van der Waals surface area (Å²) in [6.45, 7) is 5.00. The number of nitrogens with zero attached hydrogens (tertiary/aromatic N) is 3. The van der Waals surface area contributed by atoms with Crippen molar-refractivity contribution in [3.05, 3.63) is 60.3 Å². The zero-order valence-corrected chi connectivity index (χ0v) is 17.7. The second-order valence-corrected chi connectivity index (χ2v) is 7.52. The summed E-state index contributed by atoms with van der Waals surface area (Å²) in [5.41, 5.74) is 2.26. The molecule has 0 saturated carbocycles. The molecule has 3 aromatic rings. The number of alkyl halides is 3. The molecule has 1 aromatic carbocycles. The number of carbonyl (C=O) groups is 2. The van der Waals surface area contributed by atoms with Crippen molar-refractivity contribution in [2.24, 2.45) is 0 Å². The van der Waals surface area contributed by atoms with Crippen LogP contribution in [0, 0.1) is 5.82 Å². The van der Waals surface area contributed by atoms with Crippen molar-refractivity contribution in [2.75, 3.05) is 13.1 Å². The maximum Gasteiger partial charge on any atom is 0.490 e. The molecule has 1 aliphatic rings. The van der Waals surface area contributed by atoms with Crippen molar-refractivity contribution < 1.29 is 37.0 Å². The maximum atomic E-state index is 13.3. The first-order chi connectivity index (χ1) is 15.5. The molecule has 2 aromatic heterocycles. The zero-order valence-electron chi connectivity index (χ0n) is 17.7. The number of hydrogen-bond donors (Lipinski definition) is 1. The standard InChI is InChI=1S/C20H20FN3O2.C2HF3O2/c1-13-11-23(12-14(2)26-13)20(25)19-22-18(15-6-8-16(21)9-7-15)17-5-3-4-10-24(17)19;3-2(4,5)1(6)7/h3-10,13-14H,11-12H2,1-2H3;(H,6,7). The van der Waals surface area contributed by atoms with E-state index in [1.54, 1.807) is 21.4 Å². The smallest absolute Gasteiger partial charge is 0.475 e. The van der Waals surface area contributed by atoms with Crippen LogP contribution in [0.3, 0.4) is 0 Å². The molecular weight excluding hydrogens is 446 g/mol. The van der Waals surface area contributed by atoms with Crippen molar-refractivity contribution in [3.8, 4) is 11.3 Å². The van der Waals surface area contributed by atoms with Gasteiger partial charge in [0.05, 0.1) is 23.4 Å². The summed E-state index contributed by atoms with van der Waals surface area (Å²) < 4.78 is 52.5. The third kappa shape index (κ3) is 5.67. The normalized spacial score (nSPS) is 18.5. The predicted octanol–water partition coefficient (Wildman–Crippen LogP) is 4.02. The molecule has 2 atom stereocenters. The van der Waals surface area contributed by atoms with E-state index >= 15 is 0 Å². The highest BCUT2D eigenvalue weighted by Crippen LogP contribution is 2.26. The molecule has 0 spiro atoms. The first kappa shape index (κ1) is 24.2. The summed E-state index contributed by atoms with van der Waals surface area (Å²) >= 11 is 0. The van der Waals surface area contributed by atoms with Gasteiger partial charge in [-0.15, -0.1) is 0 Å². The Kier molecular flexibility index (Phi) is 7.01. The molecule has 11 heteroatoms. The summed E-state index contributed by atoms with van der Waals surface area (Å²) in [6, 6.07) is 11.8. The average molecular weight is 467 g/mol. The molecule has 7 nitrogen and oxygen atoms in total. The first-order valence-electron chi connectivity index (χ1n) is 9.95. The Hall–Kier alpha value is -3.47. The lowest BCUT2D eigenvalue weighted by atomic mass is 10.1. The minimum Gasteiger partial charge on any atom is -0.475 e. The minimum absolute atomic E-state index is 0.00880. The molecule has 0 radical (unpaired) electrons. The number of carboxylic acid groups (broad SMARTS) is 1. The Morgan fingerprint density at radius 3 is 2.18 bits per heavy atom. The summed E-state index contributed by atoms with van der Waals surface area (Å²) in [5.74, 6) is -2.82. The quantitative estimate of drug-likeness (QED) is 0.576. The van der Waals surface area contributed by atoms with Crippen LogP contribution in [0.25, 0.3) is 16.8 Å². The van der Waals surface area contributed by atoms with Gasteiger partial charge < -0.3 is 14.7 Å². The number of benzene rings is 1. The highest BCUT2D eigenvalue weighted by atomic mass is 19.4. The van der Waals surface area contributed by atoms with E-state index in [2.05, 4.69) is 4.98 Å². The fraction of sp³-hybridized carbons (Fsp3) is 0.318. The Morgan fingerprint density at radius 2 is 1.64 bits per heavy atom. The highest BCUT2D eigenvalue weighted by Gasteiger charge is 2.38. The fourth-order valence-corrected chi connectivity index (χ4v) is 3.49. The van der Waals surface area contributed by atoms with Gasteiger partial charge in [-0.25, -0.2) is 14.2 Å². The molecule has 2 unspecified atom stereocenters. The third-order valence-electron chi connectivity index (χ3n) is 4.81. The Bertz CT molecular complexity index is 1130. The number of amides is 1. The van der Waals surface area contributed by atoms with Gasteiger partial charge in [-0.1, -0.05) is 6.07 Å². The van der Waals surface area contributed by atoms with Crippen molar-refractivity contribution in [1.29, 1.82) is 0 Å². The van der Waals surface area contributed by atoms with E-state index in [9.17, 15) is 22.4 Å². The molecule has 176 valence electrons. The average Bonchev–Trinajstić information content (AvgIpc) is 3.12. The zero-order chi connectivity index (χ0) is 24.3. The maximum absolute atomic E-state index is 13.3. The molecule has 0 bridgehead atoms. The van der Waals surface area contributed by atoms with Crippen LogP contribution in [-0.4, -0.2) is 62.7 Å². The van der Waals surface area contributed by atoms with Gasteiger partial charge in [0, 0.05) is 24.8 Å². The van der Waals surface area contributed by atoms with E-state index in [-0.39, 0.29) is 23.9 Å². The third-order valence-corrected chi connectivity index (χ3v) is 4.81.